The van der Waals surface area contributed by atoms with Crippen LogP contribution in [0.25, 0.3) is 22.3 Å². The van der Waals surface area contributed by atoms with Crippen LogP contribution in [0.2, 0.25) is 10.0 Å². The third-order valence-corrected chi connectivity index (χ3v) is 22.0. The van der Waals surface area contributed by atoms with Crippen molar-refractivity contribution < 1.29 is 62.5 Å². The summed E-state index contributed by atoms with van der Waals surface area (Å²) in [5, 5.41) is 43.9. The molecule has 2 unspecified atom stereocenters. The summed E-state index contributed by atoms with van der Waals surface area (Å²) in [5.74, 6) is 1.31. The van der Waals surface area contributed by atoms with Crippen LogP contribution in [-0.2, 0) is 50.0 Å². The Labute approximate surface area is 663 Å². The van der Waals surface area contributed by atoms with Gasteiger partial charge in [0, 0.05) is 105 Å². The van der Waals surface area contributed by atoms with E-state index in [1.165, 1.54) is 25.3 Å². The highest BCUT2D eigenvalue weighted by Gasteiger charge is 2.45. The summed E-state index contributed by atoms with van der Waals surface area (Å²) in [5.41, 5.74) is 10.4. The number of rotatable bonds is 21. The maximum Gasteiger partial charge on any atom is 0.415 e. The summed E-state index contributed by atoms with van der Waals surface area (Å²) in [7, 11) is 4.57. The van der Waals surface area contributed by atoms with Crippen LogP contribution in [0.4, 0.5) is 28.8 Å². The molecule has 0 radical (unpaired) electrons. The second kappa shape index (κ2) is 43.9. The van der Waals surface area contributed by atoms with Gasteiger partial charge >= 0.3 is 36.4 Å². The van der Waals surface area contributed by atoms with Crippen molar-refractivity contribution in [1.82, 2.24) is 51.2 Å². The number of likely N-dealkylation sites (tertiary alicyclic amines) is 3. The molecule has 26 heteroatoms. The smallest absolute Gasteiger partial charge is 0.415 e. The standard InChI is InChI=1S/C32H45ClN4O4.C25H33ClN2O3.C16H26N4O3.C11H22N2O2/c1-3-23-8-4-9-25(20-23)29-27(11-5-12-28(29)33)32(40,15-7-16-35-30(38)41-2)26-10-6-17-37(22-26)31(39)36-18-13-24(21-34)14-19-36;1-3-18-8-4-9-19(16-18)23-21(11-5-12-22(23)26)25(30,20-10-6-14-27-17-20)13-7-15-28-24(29)31-2;1-16(2,3)23-14(21)17-11-13-5-7-19(8-6-13)15(22)20-10-9-18(4)12-20;1-11(2,3)15-10(14)13-8-9-4-6-12-7-5-9/h4-5,8-9,11-12,20,24,26,40H,3,6-7,10,13-19,21-22,34H2,1-2H3,(H,35,38);4-5,8-9,11-12,16,20,27,30H,3,6-7,10,13-15,17H2,1-2H3,(H,28,29);9-10,12-13H,5-8,11H2,1-4H3;9,12H,4-8H2,1-3H3,(H,13,14)/p+1/t26-,32?;20-,25?;;/m11../s1. The molecule has 5 fully saturated rings. The summed E-state index contributed by atoms with van der Waals surface area (Å²) in [6, 6.07) is 28.2. The molecule has 10 rings (SSSR count). The van der Waals surface area contributed by atoms with Crippen LogP contribution in [0.5, 0.6) is 0 Å². The monoisotopic (exact) mass is 1570 g/mol. The minimum atomic E-state index is -1.27. The van der Waals surface area contributed by atoms with Crippen molar-refractivity contribution in [2.75, 3.05) is 112 Å². The Bertz CT molecular complexity index is 3710. The van der Waals surface area contributed by atoms with E-state index < -0.39 is 34.6 Å². The fourth-order valence-corrected chi connectivity index (χ4v) is 15.8. The van der Waals surface area contributed by atoms with E-state index >= 15 is 0 Å². The molecule has 5 aromatic rings. The number of hydrogen-bond donors (Lipinski definition) is 9. The van der Waals surface area contributed by atoms with Crippen LogP contribution >= 0.6 is 23.2 Å². The third kappa shape index (κ3) is 27.6. The molecule has 10 N–H and O–H groups in total. The first-order chi connectivity index (χ1) is 52.5. The first kappa shape index (κ1) is 89.5. The van der Waals surface area contributed by atoms with E-state index in [1.54, 1.807) is 17.1 Å². The lowest BCUT2D eigenvalue weighted by Crippen LogP contribution is -2.53. The Balaban J connectivity index is 0.000000216. The molecule has 608 valence electrons. The molecule has 24 nitrogen and oxygen atoms in total. The molecule has 0 saturated carbocycles. The van der Waals surface area contributed by atoms with E-state index in [0.29, 0.717) is 106 Å². The van der Waals surface area contributed by atoms with Gasteiger partial charge in [0.2, 0.25) is 0 Å². The number of hydrogen-bond acceptors (Lipinski definition) is 15. The van der Waals surface area contributed by atoms with E-state index in [1.807, 2.05) is 129 Å². The molecule has 0 spiro atoms. The van der Waals surface area contributed by atoms with Crippen LogP contribution in [0.15, 0.2) is 104 Å². The number of urea groups is 1. The van der Waals surface area contributed by atoms with Gasteiger partial charge in [0.15, 0.2) is 0 Å². The number of aromatic nitrogens is 2. The Morgan fingerprint density at radius 2 is 1.02 bits per heavy atom. The molecule has 7 amide bonds. The van der Waals surface area contributed by atoms with Crippen LogP contribution in [0.3, 0.4) is 0 Å². The van der Waals surface area contributed by atoms with Crippen LogP contribution < -0.4 is 42.2 Å². The van der Waals surface area contributed by atoms with Gasteiger partial charge in [0.05, 0.1) is 32.5 Å². The van der Waals surface area contributed by atoms with Gasteiger partial charge in [-0.25, -0.2) is 33.3 Å². The van der Waals surface area contributed by atoms with Crippen LogP contribution in [0, 0.1) is 29.6 Å². The average Bonchev–Trinajstić information content (AvgIpc) is 0.925. The zero-order valence-electron chi connectivity index (χ0n) is 67.2. The highest BCUT2D eigenvalue weighted by Crippen LogP contribution is 2.48. The van der Waals surface area contributed by atoms with E-state index in [4.69, 9.17) is 43.1 Å². The number of nitrogens with zero attached hydrogens (tertiary/aromatic N) is 5. The molecule has 1 aromatic heterocycles. The second-order valence-electron chi connectivity index (χ2n) is 31.8. The Morgan fingerprint density at radius 1 is 0.555 bits per heavy atom. The zero-order valence-corrected chi connectivity index (χ0v) is 68.7. The van der Waals surface area contributed by atoms with Crippen molar-refractivity contribution in [1.29, 1.82) is 0 Å². The quantitative estimate of drug-likeness (QED) is 0.0187. The summed E-state index contributed by atoms with van der Waals surface area (Å²) in [4.78, 5) is 77.8. The molecule has 5 saturated heterocycles. The number of aliphatic hydroxyl groups is 2. The molecule has 0 aliphatic carbocycles. The van der Waals surface area contributed by atoms with Gasteiger partial charge in [-0.1, -0.05) is 110 Å². The van der Waals surface area contributed by atoms with Crippen LogP contribution in [0.1, 0.15) is 168 Å². The fourth-order valence-electron chi connectivity index (χ4n) is 15.2. The number of aryl methyl sites for hydroxylation is 3. The number of methoxy groups -OCH3 is 2. The molecule has 5 aliphatic rings. The van der Waals surface area contributed by atoms with Gasteiger partial charge in [-0.15, -0.1) is 0 Å². The topological polar surface area (TPSA) is 297 Å². The van der Waals surface area contributed by atoms with Gasteiger partial charge in [0.25, 0.3) is 6.33 Å². The molecular formula is C84H127Cl2N12O12+. The van der Waals surface area contributed by atoms with Gasteiger partial charge in [-0.05, 0) is 234 Å². The first-order valence-electron chi connectivity index (χ1n) is 39.8. The summed E-state index contributed by atoms with van der Waals surface area (Å²) in [6.45, 7) is 26.0. The number of nitrogens with two attached hydrogens (primary N) is 1. The molecular weight excluding hydrogens is 1440 g/mol. The lowest BCUT2D eigenvalue weighted by atomic mass is 9.72. The number of benzene rings is 4. The second-order valence-corrected chi connectivity index (χ2v) is 32.6. The fraction of sp³-hybridized carbons (Fsp3) is 0.607. The van der Waals surface area contributed by atoms with Crippen molar-refractivity contribution in [3.05, 3.63) is 136 Å². The molecule has 4 aromatic carbocycles. The number of imidazole rings is 1. The lowest BCUT2D eigenvalue weighted by molar-refractivity contribution is -0.670. The third-order valence-electron chi connectivity index (χ3n) is 21.3. The number of halogens is 2. The highest BCUT2D eigenvalue weighted by atomic mass is 35.5. The van der Waals surface area contributed by atoms with Crippen molar-refractivity contribution >= 4 is 59.6 Å². The first-order valence-corrected chi connectivity index (χ1v) is 40.5. The van der Waals surface area contributed by atoms with E-state index in [9.17, 15) is 39.0 Å². The van der Waals surface area contributed by atoms with Gasteiger partial charge in [-0.3, -0.25) is 0 Å². The predicted octanol–water partition coefficient (Wildman–Crippen LogP) is 13.3. The number of nitrogens with one attached hydrogen (secondary N) is 6. The minimum Gasteiger partial charge on any atom is -0.453 e. The zero-order chi connectivity index (χ0) is 80.0. The summed E-state index contributed by atoms with van der Waals surface area (Å²) < 4.78 is 23.2. The number of carbonyl (C=O) groups is 6. The minimum absolute atomic E-state index is 0.00384. The maximum atomic E-state index is 13.6. The lowest BCUT2D eigenvalue weighted by Gasteiger charge is -2.45. The van der Waals surface area contributed by atoms with Crippen molar-refractivity contribution in [2.45, 2.75) is 181 Å². The molecule has 4 atom stereocenters. The number of amides is 7. The summed E-state index contributed by atoms with van der Waals surface area (Å²) in [6.07, 6.45) is 17.1. The number of piperidine rings is 5. The molecule has 5 aliphatic heterocycles. The van der Waals surface area contributed by atoms with E-state index in [-0.39, 0.29) is 36.1 Å². The van der Waals surface area contributed by atoms with Crippen molar-refractivity contribution in [3.8, 4) is 22.3 Å². The van der Waals surface area contributed by atoms with E-state index in [2.05, 4.69) is 80.8 Å². The number of carbonyl (C=O) groups excluding carboxylic acids is 6. The Kier molecular flexibility index (Phi) is 35.7. The average molecular weight is 1570 g/mol. The van der Waals surface area contributed by atoms with Crippen LogP contribution in [-0.4, -0.2) is 190 Å². The number of alkyl carbamates (subject to hydrolysis) is 4. The van der Waals surface area contributed by atoms with E-state index in [0.717, 1.165) is 156 Å². The normalized spacial score (nSPS) is 18.3. The highest BCUT2D eigenvalue weighted by molar-refractivity contribution is 6.34. The largest absolute Gasteiger partial charge is 0.453 e. The van der Waals surface area contributed by atoms with Crippen molar-refractivity contribution in [2.24, 2.45) is 42.4 Å². The predicted molar refractivity (Wildman–Crippen MR) is 433 cm³/mol. The summed E-state index contributed by atoms with van der Waals surface area (Å²) >= 11 is 13.6. The van der Waals surface area contributed by atoms with Gasteiger partial charge in [-0.2, -0.15) is 4.57 Å². The molecule has 6 heterocycles. The molecule has 110 heavy (non-hydrogen) atoms. The SMILES string of the molecule is CC(C)(C)OC(=O)NCC1CCNCC1.CCc1cccc(-c2c(Cl)cccc2C(O)(CCCNC(=O)OC)[C@@H]2CCCN(C(=O)N3CCC(CN)CC3)C2)c1.CCc1cccc(-c2c(Cl)cccc2C(O)(CCCNC(=O)OC)[C@@H]2CCCNC2)c1.C[n+]1ccn(C(=O)N2CCC(CNC(=O)OC(C)(C)C)CC2)c1. The van der Waals surface area contributed by atoms with Gasteiger partial charge in [0.1, 0.15) is 23.6 Å². The van der Waals surface area contributed by atoms with Gasteiger partial charge < -0.3 is 81.5 Å². The molecule has 0 bridgehead atoms. The number of ether oxygens (including phenoxy) is 4. The maximum absolute atomic E-state index is 13.6. The Hall–Kier alpha value is -7.71. The Morgan fingerprint density at radius 3 is 1.46 bits per heavy atom. The van der Waals surface area contributed by atoms with Crippen molar-refractivity contribution in [3.63, 3.8) is 0 Å².